The summed E-state index contributed by atoms with van der Waals surface area (Å²) in [7, 11) is 0. The van der Waals surface area contributed by atoms with Crippen molar-refractivity contribution in [1.82, 2.24) is 0 Å². The maximum absolute atomic E-state index is 11.3. The molecular formula is C9H4Cl6O4. The number of alkyl halides is 4. The topological polar surface area (TPSA) is 74.6 Å². The number of carboxylic acids is 2. The lowest BCUT2D eigenvalue weighted by Crippen LogP contribution is -2.45. The van der Waals surface area contributed by atoms with E-state index in [2.05, 4.69) is 0 Å². The lowest BCUT2D eigenvalue weighted by atomic mass is 9.82. The van der Waals surface area contributed by atoms with Crippen LogP contribution in [0.5, 0.6) is 0 Å². The predicted octanol–water partition coefficient (Wildman–Crippen LogP) is 3.23. The Hall–Kier alpha value is 0.420. The third-order valence-electron chi connectivity index (χ3n) is 3.47. The van der Waals surface area contributed by atoms with E-state index in [9.17, 15) is 19.8 Å². The molecule has 0 amide bonds. The first-order valence-corrected chi connectivity index (χ1v) is 7.00. The van der Waals surface area contributed by atoms with E-state index >= 15 is 0 Å². The van der Waals surface area contributed by atoms with Gasteiger partial charge in [0, 0.05) is 0 Å². The number of aliphatic carboxylic acids is 2. The van der Waals surface area contributed by atoms with Gasteiger partial charge in [-0.05, 0) is 0 Å². The van der Waals surface area contributed by atoms with Gasteiger partial charge in [-0.3, -0.25) is 9.59 Å². The number of allylic oxidation sites excluding steroid dienone is 2. The SMILES string of the molecule is O=C(O)[C@@H]1[C@H](C(=O)O)C2(Cl)C(Cl)=C(Cl)C1(Cl)C2(Cl)Cl. The Morgan fingerprint density at radius 2 is 1.11 bits per heavy atom. The molecule has 0 aromatic heterocycles. The molecule has 0 heterocycles. The average Bonchev–Trinajstić information content (AvgIpc) is 2.48. The van der Waals surface area contributed by atoms with Gasteiger partial charge in [0.2, 0.25) is 0 Å². The molecule has 106 valence electrons. The van der Waals surface area contributed by atoms with Crippen LogP contribution in [0.15, 0.2) is 10.1 Å². The number of halogens is 6. The van der Waals surface area contributed by atoms with Crippen LogP contribution in [-0.2, 0) is 9.59 Å². The largest absolute Gasteiger partial charge is 0.481 e. The van der Waals surface area contributed by atoms with Crippen molar-refractivity contribution < 1.29 is 19.8 Å². The van der Waals surface area contributed by atoms with Crippen LogP contribution in [-0.4, -0.2) is 36.2 Å². The van der Waals surface area contributed by atoms with E-state index in [0.717, 1.165) is 0 Å². The second kappa shape index (κ2) is 4.21. The van der Waals surface area contributed by atoms with Crippen molar-refractivity contribution in [3.63, 3.8) is 0 Å². The molecule has 0 spiro atoms. The molecule has 1 fully saturated rings. The van der Waals surface area contributed by atoms with Crippen LogP contribution in [0, 0.1) is 11.8 Å². The summed E-state index contributed by atoms with van der Waals surface area (Å²) in [6, 6.07) is 0. The number of hydrogen-bond acceptors (Lipinski definition) is 2. The van der Waals surface area contributed by atoms with Crippen molar-refractivity contribution >= 4 is 81.5 Å². The molecule has 4 atom stereocenters. The lowest BCUT2D eigenvalue weighted by molar-refractivity contribution is -0.153. The second-order valence-electron chi connectivity index (χ2n) is 4.26. The number of carbonyl (C=O) groups is 2. The Labute approximate surface area is 137 Å². The highest BCUT2D eigenvalue weighted by atomic mass is 35.5. The molecule has 2 rings (SSSR count). The van der Waals surface area contributed by atoms with Crippen LogP contribution in [0.1, 0.15) is 0 Å². The number of rotatable bonds is 2. The Bertz CT molecular complexity index is 487. The summed E-state index contributed by atoms with van der Waals surface area (Å²) in [6.45, 7) is 0. The van der Waals surface area contributed by atoms with Gasteiger partial charge in [0.1, 0.15) is 9.75 Å². The fourth-order valence-corrected chi connectivity index (χ4v) is 5.54. The van der Waals surface area contributed by atoms with Crippen molar-refractivity contribution in [1.29, 1.82) is 0 Å². The third-order valence-corrected chi connectivity index (χ3v) is 7.73. The van der Waals surface area contributed by atoms with E-state index in [1.807, 2.05) is 0 Å². The fourth-order valence-electron chi connectivity index (χ4n) is 2.61. The Kier molecular flexibility index (Phi) is 3.50. The molecule has 2 unspecified atom stereocenters. The van der Waals surface area contributed by atoms with Crippen molar-refractivity contribution in [3.8, 4) is 0 Å². The summed E-state index contributed by atoms with van der Waals surface area (Å²) >= 11 is 36.2. The zero-order chi connectivity index (χ0) is 15.0. The molecular weight excluding hydrogens is 385 g/mol. The zero-order valence-corrected chi connectivity index (χ0v) is 13.2. The summed E-state index contributed by atoms with van der Waals surface area (Å²) < 4.78 is -2.18. The molecule has 0 aromatic rings. The molecule has 0 aliphatic heterocycles. The maximum atomic E-state index is 11.3. The molecule has 2 N–H and O–H groups in total. The number of carboxylic acid groups (broad SMARTS) is 2. The van der Waals surface area contributed by atoms with Crippen LogP contribution >= 0.6 is 69.6 Å². The number of hydrogen-bond donors (Lipinski definition) is 2. The van der Waals surface area contributed by atoms with Gasteiger partial charge in [-0.25, -0.2) is 0 Å². The first-order valence-electron chi connectivity index (χ1n) is 4.73. The van der Waals surface area contributed by atoms with Gasteiger partial charge >= 0.3 is 11.9 Å². The monoisotopic (exact) mass is 386 g/mol. The summed E-state index contributed by atoms with van der Waals surface area (Å²) in [5.74, 6) is -6.49. The van der Waals surface area contributed by atoms with E-state index in [4.69, 9.17) is 69.6 Å². The molecule has 10 heteroatoms. The van der Waals surface area contributed by atoms with Crippen LogP contribution < -0.4 is 0 Å². The van der Waals surface area contributed by atoms with Crippen molar-refractivity contribution in [2.75, 3.05) is 0 Å². The van der Waals surface area contributed by atoms with Crippen LogP contribution in [0.25, 0.3) is 0 Å². The molecule has 4 nitrogen and oxygen atoms in total. The molecule has 1 saturated carbocycles. The zero-order valence-electron chi connectivity index (χ0n) is 8.63. The highest BCUT2D eigenvalue weighted by Gasteiger charge is 2.85. The Balaban J connectivity index is 2.84. The van der Waals surface area contributed by atoms with Crippen molar-refractivity contribution in [2.45, 2.75) is 14.1 Å². The highest BCUT2D eigenvalue weighted by molar-refractivity contribution is 6.66. The summed E-state index contributed by atoms with van der Waals surface area (Å²) in [6.07, 6.45) is 0. The fraction of sp³-hybridized carbons (Fsp3) is 0.556. The van der Waals surface area contributed by atoms with E-state index in [-0.39, 0.29) is 10.1 Å². The van der Waals surface area contributed by atoms with Crippen molar-refractivity contribution in [3.05, 3.63) is 10.1 Å². The van der Waals surface area contributed by atoms with E-state index < -0.39 is 37.9 Å². The van der Waals surface area contributed by atoms with E-state index in [0.29, 0.717) is 0 Å². The van der Waals surface area contributed by atoms with Crippen LogP contribution in [0.2, 0.25) is 0 Å². The van der Waals surface area contributed by atoms with Gasteiger partial charge in [-0.15, -0.1) is 23.2 Å². The summed E-state index contributed by atoms with van der Waals surface area (Å²) in [4.78, 5) is 18.5. The minimum atomic E-state index is -2.18. The van der Waals surface area contributed by atoms with Gasteiger partial charge in [-0.1, -0.05) is 46.4 Å². The molecule has 2 aliphatic rings. The van der Waals surface area contributed by atoms with Crippen molar-refractivity contribution in [2.24, 2.45) is 11.8 Å². The molecule has 0 saturated heterocycles. The molecule has 19 heavy (non-hydrogen) atoms. The second-order valence-corrected chi connectivity index (χ2v) is 7.53. The highest BCUT2D eigenvalue weighted by Crippen LogP contribution is 2.76. The van der Waals surface area contributed by atoms with Crippen LogP contribution in [0.4, 0.5) is 0 Å². The molecule has 0 aromatic carbocycles. The van der Waals surface area contributed by atoms with Gasteiger partial charge in [0.15, 0.2) is 4.33 Å². The maximum Gasteiger partial charge on any atom is 0.309 e. The van der Waals surface area contributed by atoms with E-state index in [1.165, 1.54) is 0 Å². The van der Waals surface area contributed by atoms with Gasteiger partial charge in [-0.2, -0.15) is 0 Å². The first kappa shape index (κ1) is 15.8. The first-order chi connectivity index (χ1) is 8.45. The standard InChI is InChI=1S/C9H4Cl6O4/c10-3-4(11)8(13)2(6(18)19)1(5(16)17)7(3,12)9(8,14)15/h1-2H,(H,16,17)(H,18,19)/t1-,2+,7?,8?. The molecule has 2 aliphatic carbocycles. The minimum Gasteiger partial charge on any atom is -0.481 e. The number of fused-ring (bicyclic) bond motifs is 2. The Morgan fingerprint density at radius 3 is 1.32 bits per heavy atom. The predicted molar refractivity (Wildman–Crippen MR) is 72.6 cm³/mol. The van der Waals surface area contributed by atoms with Gasteiger partial charge in [0.05, 0.1) is 21.9 Å². The molecule has 0 radical (unpaired) electrons. The van der Waals surface area contributed by atoms with Gasteiger partial charge in [0.25, 0.3) is 0 Å². The third kappa shape index (κ3) is 1.46. The van der Waals surface area contributed by atoms with E-state index in [1.54, 1.807) is 0 Å². The quantitative estimate of drug-likeness (QED) is 0.712. The summed E-state index contributed by atoms with van der Waals surface area (Å²) in [5.41, 5.74) is 0. The molecule has 2 bridgehead atoms. The average molecular weight is 389 g/mol. The van der Waals surface area contributed by atoms with Gasteiger partial charge < -0.3 is 10.2 Å². The lowest BCUT2D eigenvalue weighted by Gasteiger charge is -2.31. The minimum absolute atomic E-state index is 0.347. The summed E-state index contributed by atoms with van der Waals surface area (Å²) in [5, 5.41) is 17.8. The smallest absolute Gasteiger partial charge is 0.309 e. The Morgan fingerprint density at radius 1 is 0.842 bits per heavy atom. The normalized spacial score (nSPS) is 43.7. The van der Waals surface area contributed by atoms with Crippen LogP contribution in [0.3, 0.4) is 0 Å².